The molecular formula is C25H32ClN3OS2. The molecule has 1 aromatic heterocycles. The largest absolute Gasteiger partial charge is 0.302 e. The molecule has 0 saturated heterocycles. The van der Waals surface area contributed by atoms with E-state index in [1.165, 1.54) is 4.90 Å². The molecule has 0 atom stereocenters. The van der Waals surface area contributed by atoms with Crippen LogP contribution >= 0.6 is 34.7 Å². The van der Waals surface area contributed by atoms with Gasteiger partial charge in [-0.25, -0.2) is 4.98 Å². The molecule has 0 aliphatic carbocycles. The molecule has 1 heterocycles. The van der Waals surface area contributed by atoms with Crippen molar-refractivity contribution in [3.05, 3.63) is 52.5 Å². The molecule has 0 spiro atoms. The summed E-state index contributed by atoms with van der Waals surface area (Å²) in [7, 11) is 0. The van der Waals surface area contributed by atoms with Crippen molar-refractivity contribution in [2.45, 2.75) is 51.2 Å². The number of nitrogens with zero attached hydrogens (tertiary/aromatic N) is 3. The number of halogens is 1. The highest BCUT2D eigenvalue weighted by atomic mass is 35.5. The quantitative estimate of drug-likeness (QED) is 0.298. The van der Waals surface area contributed by atoms with Gasteiger partial charge in [0.2, 0.25) is 5.91 Å². The zero-order valence-electron chi connectivity index (χ0n) is 19.5. The predicted molar refractivity (Wildman–Crippen MR) is 141 cm³/mol. The molecule has 1 amide bonds. The number of thiazole rings is 1. The fourth-order valence-electron chi connectivity index (χ4n) is 3.54. The Kier molecular flexibility index (Phi) is 9.00. The third kappa shape index (κ3) is 6.25. The first kappa shape index (κ1) is 25.0. The zero-order valence-corrected chi connectivity index (χ0v) is 21.9. The van der Waals surface area contributed by atoms with Crippen molar-refractivity contribution in [3.63, 3.8) is 0 Å². The molecule has 3 aromatic rings. The smallest absolute Gasteiger partial charge is 0.233 e. The fraction of sp³-hybridized carbons (Fsp3) is 0.440. The Morgan fingerprint density at radius 2 is 1.78 bits per heavy atom. The van der Waals surface area contributed by atoms with Crippen molar-refractivity contribution in [2.75, 3.05) is 31.1 Å². The molecule has 0 aliphatic rings. The van der Waals surface area contributed by atoms with Crippen LogP contribution in [0.1, 0.15) is 38.8 Å². The molecule has 0 aliphatic heterocycles. The Morgan fingerprint density at radius 3 is 2.41 bits per heavy atom. The number of aryl methyl sites for hydroxylation is 1. The number of carbonyl (C=O) groups excluding carboxylic acids is 1. The van der Waals surface area contributed by atoms with Crippen LogP contribution < -0.4 is 4.90 Å². The van der Waals surface area contributed by atoms with E-state index in [0.29, 0.717) is 23.2 Å². The first-order valence-electron chi connectivity index (χ1n) is 11.2. The SMILES string of the molecule is CCN(CC)CCN(C(=O)Cc1ccc(SC(C)C)cc1)c1nc2c(C)c(Cl)ccc2s1. The summed E-state index contributed by atoms with van der Waals surface area (Å²) in [5, 5.41) is 1.98. The maximum Gasteiger partial charge on any atom is 0.233 e. The highest BCUT2D eigenvalue weighted by Crippen LogP contribution is 2.34. The van der Waals surface area contributed by atoms with Crippen LogP contribution in [0.25, 0.3) is 10.2 Å². The number of thioether (sulfide) groups is 1. The fourth-order valence-corrected chi connectivity index (χ4v) is 5.60. The van der Waals surface area contributed by atoms with E-state index in [9.17, 15) is 4.79 Å². The standard InChI is InChI=1S/C25H32ClN3OS2/c1-6-28(7-2)14-15-29(25-27-24-18(5)21(26)12-13-22(24)32-25)23(30)16-19-8-10-20(11-9-19)31-17(3)4/h8-13,17H,6-7,14-16H2,1-5H3. The zero-order chi connectivity index (χ0) is 23.3. The van der Waals surface area contributed by atoms with Gasteiger partial charge in [-0.3, -0.25) is 9.69 Å². The lowest BCUT2D eigenvalue weighted by atomic mass is 10.1. The highest BCUT2D eigenvalue weighted by molar-refractivity contribution is 7.99. The van der Waals surface area contributed by atoms with Gasteiger partial charge >= 0.3 is 0 Å². The van der Waals surface area contributed by atoms with Crippen LogP contribution in [-0.2, 0) is 11.2 Å². The highest BCUT2D eigenvalue weighted by Gasteiger charge is 2.21. The minimum absolute atomic E-state index is 0.0734. The first-order chi connectivity index (χ1) is 15.3. The molecular weight excluding hydrogens is 458 g/mol. The third-order valence-corrected chi connectivity index (χ3v) is 7.92. The Labute approximate surface area is 205 Å². The van der Waals surface area contributed by atoms with E-state index in [1.807, 2.05) is 35.7 Å². The van der Waals surface area contributed by atoms with Crippen molar-refractivity contribution < 1.29 is 4.79 Å². The second kappa shape index (κ2) is 11.5. The maximum absolute atomic E-state index is 13.4. The van der Waals surface area contributed by atoms with Gasteiger partial charge in [0.1, 0.15) is 0 Å². The monoisotopic (exact) mass is 489 g/mol. The Balaban J connectivity index is 1.85. The summed E-state index contributed by atoms with van der Waals surface area (Å²) < 4.78 is 1.05. The van der Waals surface area contributed by atoms with Crippen LogP contribution in [0, 0.1) is 6.92 Å². The normalized spacial score (nSPS) is 11.6. The summed E-state index contributed by atoms with van der Waals surface area (Å²) in [5.74, 6) is 0.0734. The number of rotatable bonds is 10. The van der Waals surface area contributed by atoms with Crippen LogP contribution in [0.3, 0.4) is 0 Å². The molecule has 0 N–H and O–H groups in total. The van der Waals surface area contributed by atoms with E-state index in [1.54, 1.807) is 11.3 Å². The van der Waals surface area contributed by atoms with Gasteiger partial charge in [0.05, 0.1) is 16.6 Å². The van der Waals surface area contributed by atoms with E-state index in [-0.39, 0.29) is 5.91 Å². The van der Waals surface area contributed by atoms with Gasteiger partial charge in [-0.2, -0.15) is 0 Å². The number of hydrogen-bond acceptors (Lipinski definition) is 5. The number of hydrogen-bond donors (Lipinski definition) is 0. The van der Waals surface area contributed by atoms with Gasteiger partial charge in [0, 0.05) is 28.3 Å². The topological polar surface area (TPSA) is 36.4 Å². The summed E-state index contributed by atoms with van der Waals surface area (Å²) >= 11 is 9.69. The number of likely N-dealkylation sites (N-methyl/N-ethyl adjacent to an activating group) is 1. The van der Waals surface area contributed by atoms with E-state index in [4.69, 9.17) is 16.6 Å². The Morgan fingerprint density at radius 1 is 1.09 bits per heavy atom. The van der Waals surface area contributed by atoms with E-state index in [2.05, 4.69) is 56.9 Å². The minimum atomic E-state index is 0.0734. The van der Waals surface area contributed by atoms with Crippen molar-refractivity contribution in [2.24, 2.45) is 0 Å². The molecule has 4 nitrogen and oxygen atoms in total. The van der Waals surface area contributed by atoms with Crippen LogP contribution in [0.4, 0.5) is 5.13 Å². The number of amides is 1. The molecule has 0 bridgehead atoms. The van der Waals surface area contributed by atoms with Crippen LogP contribution in [-0.4, -0.2) is 47.2 Å². The Hall–Kier alpha value is -1.60. The van der Waals surface area contributed by atoms with Crippen molar-refractivity contribution in [1.29, 1.82) is 0 Å². The van der Waals surface area contributed by atoms with E-state index >= 15 is 0 Å². The van der Waals surface area contributed by atoms with Gasteiger partial charge in [0.25, 0.3) is 0 Å². The molecule has 3 rings (SSSR count). The van der Waals surface area contributed by atoms with Crippen molar-refractivity contribution in [3.8, 4) is 0 Å². The maximum atomic E-state index is 13.4. The summed E-state index contributed by atoms with van der Waals surface area (Å²) in [6.45, 7) is 14.0. The molecule has 172 valence electrons. The first-order valence-corrected chi connectivity index (χ1v) is 13.2. The molecule has 32 heavy (non-hydrogen) atoms. The summed E-state index contributed by atoms with van der Waals surface area (Å²) in [6, 6.07) is 12.2. The number of benzene rings is 2. The number of aromatic nitrogens is 1. The minimum Gasteiger partial charge on any atom is -0.302 e. The second-order valence-electron chi connectivity index (χ2n) is 8.08. The molecule has 0 unspecified atom stereocenters. The number of fused-ring (bicyclic) bond motifs is 1. The van der Waals surface area contributed by atoms with Crippen molar-refractivity contribution >= 4 is 56.0 Å². The summed E-state index contributed by atoms with van der Waals surface area (Å²) in [4.78, 5) is 23.7. The molecule has 0 fully saturated rings. The molecule has 2 aromatic carbocycles. The molecule has 7 heteroatoms. The van der Waals surface area contributed by atoms with Crippen LogP contribution in [0.5, 0.6) is 0 Å². The van der Waals surface area contributed by atoms with Gasteiger partial charge in [-0.15, -0.1) is 11.8 Å². The number of carbonyl (C=O) groups is 1. The summed E-state index contributed by atoms with van der Waals surface area (Å²) in [5.41, 5.74) is 2.87. The lowest BCUT2D eigenvalue weighted by Crippen LogP contribution is -2.39. The average molecular weight is 490 g/mol. The van der Waals surface area contributed by atoms with E-state index in [0.717, 1.165) is 46.1 Å². The lowest BCUT2D eigenvalue weighted by Gasteiger charge is -2.24. The van der Waals surface area contributed by atoms with Crippen LogP contribution in [0.2, 0.25) is 5.02 Å². The molecule has 0 radical (unpaired) electrons. The predicted octanol–water partition coefficient (Wildman–Crippen LogP) is 6.68. The van der Waals surface area contributed by atoms with Gasteiger partial charge in [-0.05, 0) is 55.4 Å². The Bertz CT molecular complexity index is 1050. The van der Waals surface area contributed by atoms with Gasteiger partial charge in [-0.1, -0.05) is 62.8 Å². The average Bonchev–Trinajstić information content (AvgIpc) is 3.19. The number of anilines is 1. The lowest BCUT2D eigenvalue weighted by molar-refractivity contribution is -0.118. The summed E-state index contributed by atoms with van der Waals surface area (Å²) in [6.07, 6.45) is 0.362. The second-order valence-corrected chi connectivity index (χ2v) is 11.1. The molecule has 0 saturated carbocycles. The van der Waals surface area contributed by atoms with Gasteiger partial charge in [0.15, 0.2) is 5.13 Å². The van der Waals surface area contributed by atoms with E-state index < -0.39 is 0 Å². The van der Waals surface area contributed by atoms with Crippen LogP contribution in [0.15, 0.2) is 41.3 Å². The van der Waals surface area contributed by atoms with Crippen molar-refractivity contribution in [1.82, 2.24) is 9.88 Å². The van der Waals surface area contributed by atoms with Gasteiger partial charge < -0.3 is 4.90 Å². The third-order valence-electron chi connectivity index (χ3n) is 5.45.